The second kappa shape index (κ2) is 5.82. The van der Waals surface area contributed by atoms with Crippen molar-refractivity contribution in [1.82, 2.24) is 9.97 Å². The fourth-order valence-electron chi connectivity index (χ4n) is 1.37. The molecule has 0 aliphatic carbocycles. The van der Waals surface area contributed by atoms with Crippen molar-refractivity contribution in [3.8, 4) is 0 Å². The van der Waals surface area contributed by atoms with Crippen molar-refractivity contribution in [3.05, 3.63) is 50.6 Å². The lowest BCUT2D eigenvalue weighted by Crippen LogP contribution is -2.03. The summed E-state index contributed by atoms with van der Waals surface area (Å²) in [6, 6.07) is 4.61. The summed E-state index contributed by atoms with van der Waals surface area (Å²) in [5.41, 5.74) is 0.757. The molecule has 18 heavy (non-hydrogen) atoms. The fraction of sp³-hybridized carbons (Fsp3) is 0.0909. The van der Waals surface area contributed by atoms with Crippen LogP contribution in [0.15, 0.2) is 28.9 Å². The number of anilines is 1. The lowest BCUT2D eigenvalue weighted by molar-refractivity contribution is 0.625. The summed E-state index contributed by atoms with van der Waals surface area (Å²) in [4.78, 5) is 7.68. The Balaban J connectivity index is 2.13. The molecule has 2 aromatic rings. The molecule has 1 heterocycles. The maximum atomic E-state index is 13.2. The van der Waals surface area contributed by atoms with E-state index in [1.807, 2.05) is 0 Å². The standard InChI is InChI=1S/C11H7BrCl2FN3/c12-7-1-6(2-8(15)3-7)4-16-10-9(13)5-17-11(14)18-10/h1-3,5H,4H2,(H,16,17,18). The molecule has 0 saturated heterocycles. The van der Waals surface area contributed by atoms with E-state index in [9.17, 15) is 4.39 Å². The van der Waals surface area contributed by atoms with Gasteiger partial charge in [0.1, 0.15) is 16.7 Å². The highest BCUT2D eigenvalue weighted by atomic mass is 79.9. The predicted molar refractivity (Wildman–Crippen MR) is 73.5 cm³/mol. The van der Waals surface area contributed by atoms with E-state index in [1.54, 1.807) is 6.07 Å². The van der Waals surface area contributed by atoms with Gasteiger partial charge in [0.25, 0.3) is 0 Å². The van der Waals surface area contributed by atoms with Crippen LogP contribution in [0.2, 0.25) is 10.3 Å². The number of nitrogens with one attached hydrogen (secondary N) is 1. The molecule has 0 spiro atoms. The van der Waals surface area contributed by atoms with Gasteiger partial charge in [0.2, 0.25) is 5.28 Å². The third-order valence-corrected chi connectivity index (χ3v) is 3.01. The molecule has 2 rings (SSSR count). The number of hydrogen-bond acceptors (Lipinski definition) is 3. The zero-order chi connectivity index (χ0) is 13.1. The number of halogens is 4. The van der Waals surface area contributed by atoms with Crippen molar-refractivity contribution >= 4 is 44.9 Å². The molecule has 0 unspecified atom stereocenters. The van der Waals surface area contributed by atoms with Crippen molar-refractivity contribution in [3.63, 3.8) is 0 Å². The van der Waals surface area contributed by atoms with Gasteiger partial charge >= 0.3 is 0 Å². The Hall–Kier alpha value is -0.910. The average molecular weight is 351 g/mol. The SMILES string of the molecule is Fc1cc(Br)cc(CNc2nc(Cl)ncc2Cl)c1. The third-order valence-electron chi connectivity index (χ3n) is 2.10. The quantitative estimate of drug-likeness (QED) is 0.839. The van der Waals surface area contributed by atoms with Gasteiger partial charge in [0, 0.05) is 11.0 Å². The molecule has 1 aromatic heterocycles. The van der Waals surface area contributed by atoms with E-state index < -0.39 is 0 Å². The Bertz CT molecular complexity index is 560. The largest absolute Gasteiger partial charge is 0.365 e. The number of nitrogens with zero attached hydrogens (tertiary/aromatic N) is 2. The zero-order valence-electron chi connectivity index (χ0n) is 8.92. The monoisotopic (exact) mass is 349 g/mol. The van der Waals surface area contributed by atoms with E-state index in [0.717, 1.165) is 5.56 Å². The minimum absolute atomic E-state index is 0.0994. The molecule has 0 fully saturated rings. The fourth-order valence-corrected chi connectivity index (χ4v) is 2.17. The van der Waals surface area contributed by atoms with Crippen LogP contribution in [-0.4, -0.2) is 9.97 Å². The lowest BCUT2D eigenvalue weighted by Gasteiger charge is -2.08. The van der Waals surface area contributed by atoms with Gasteiger partial charge in [-0.2, -0.15) is 4.98 Å². The van der Waals surface area contributed by atoms with Crippen LogP contribution >= 0.6 is 39.1 Å². The highest BCUT2D eigenvalue weighted by molar-refractivity contribution is 9.10. The normalized spacial score (nSPS) is 10.4. The molecule has 0 aliphatic rings. The second-order valence-corrected chi connectivity index (χ2v) is 5.13. The van der Waals surface area contributed by atoms with E-state index in [2.05, 4.69) is 31.2 Å². The van der Waals surface area contributed by atoms with Crippen molar-refractivity contribution in [2.24, 2.45) is 0 Å². The molecule has 3 nitrogen and oxygen atoms in total. The smallest absolute Gasteiger partial charge is 0.224 e. The minimum atomic E-state index is -0.312. The zero-order valence-corrected chi connectivity index (χ0v) is 12.0. The molecular weight excluding hydrogens is 344 g/mol. The molecule has 0 bridgehead atoms. The third kappa shape index (κ3) is 3.54. The lowest BCUT2D eigenvalue weighted by atomic mass is 10.2. The highest BCUT2D eigenvalue weighted by Crippen LogP contribution is 2.21. The van der Waals surface area contributed by atoms with Gasteiger partial charge in [0.15, 0.2) is 0 Å². The maximum Gasteiger partial charge on any atom is 0.224 e. The summed E-state index contributed by atoms with van der Waals surface area (Å²) in [6.07, 6.45) is 1.40. The second-order valence-electron chi connectivity index (χ2n) is 3.47. The van der Waals surface area contributed by atoms with E-state index in [0.29, 0.717) is 21.9 Å². The molecule has 0 aliphatic heterocycles. The van der Waals surface area contributed by atoms with Crippen LogP contribution in [0.4, 0.5) is 10.2 Å². The Kier molecular flexibility index (Phi) is 4.37. The number of benzene rings is 1. The van der Waals surface area contributed by atoms with Crippen LogP contribution in [0, 0.1) is 5.82 Å². The van der Waals surface area contributed by atoms with Gasteiger partial charge in [-0.1, -0.05) is 27.5 Å². The van der Waals surface area contributed by atoms with Gasteiger partial charge in [-0.15, -0.1) is 0 Å². The first kappa shape index (κ1) is 13.5. The Morgan fingerprint density at radius 3 is 2.78 bits per heavy atom. The number of rotatable bonds is 3. The van der Waals surface area contributed by atoms with Gasteiger partial charge in [0.05, 0.1) is 6.20 Å². The first-order chi connectivity index (χ1) is 8.54. The van der Waals surface area contributed by atoms with Crippen LogP contribution in [0.3, 0.4) is 0 Å². The number of aromatic nitrogens is 2. The van der Waals surface area contributed by atoms with Crippen molar-refractivity contribution in [1.29, 1.82) is 0 Å². The van der Waals surface area contributed by atoms with Crippen LogP contribution in [0.1, 0.15) is 5.56 Å². The maximum absolute atomic E-state index is 13.2. The van der Waals surface area contributed by atoms with Crippen LogP contribution < -0.4 is 5.32 Å². The number of hydrogen-bond donors (Lipinski definition) is 1. The van der Waals surface area contributed by atoms with E-state index in [-0.39, 0.29) is 11.1 Å². The summed E-state index contributed by atoms with van der Waals surface area (Å²) in [5.74, 6) is 0.102. The Morgan fingerprint density at radius 1 is 1.28 bits per heavy atom. The summed E-state index contributed by atoms with van der Waals surface area (Å²) in [6.45, 7) is 0.378. The summed E-state index contributed by atoms with van der Waals surface area (Å²) in [5, 5.41) is 3.43. The molecule has 0 amide bonds. The Labute approximate surface area is 121 Å². The van der Waals surface area contributed by atoms with Crippen molar-refractivity contribution in [2.75, 3.05) is 5.32 Å². The molecular formula is C11H7BrCl2FN3. The summed E-state index contributed by atoms with van der Waals surface area (Å²) < 4.78 is 13.8. The first-order valence-electron chi connectivity index (χ1n) is 4.91. The average Bonchev–Trinajstić information content (AvgIpc) is 2.29. The molecule has 7 heteroatoms. The van der Waals surface area contributed by atoms with Crippen LogP contribution in [-0.2, 0) is 6.54 Å². The van der Waals surface area contributed by atoms with Crippen molar-refractivity contribution in [2.45, 2.75) is 6.54 Å². The van der Waals surface area contributed by atoms with E-state index in [1.165, 1.54) is 18.3 Å². The topological polar surface area (TPSA) is 37.8 Å². The van der Waals surface area contributed by atoms with Gasteiger partial charge in [-0.05, 0) is 35.4 Å². The first-order valence-corrected chi connectivity index (χ1v) is 6.46. The van der Waals surface area contributed by atoms with Crippen molar-refractivity contribution < 1.29 is 4.39 Å². The summed E-state index contributed by atoms with van der Waals surface area (Å²) >= 11 is 14.8. The molecule has 94 valence electrons. The highest BCUT2D eigenvalue weighted by Gasteiger charge is 2.05. The van der Waals surface area contributed by atoms with Crippen LogP contribution in [0.5, 0.6) is 0 Å². The minimum Gasteiger partial charge on any atom is -0.365 e. The molecule has 0 atom stereocenters. The van der Waals surface area contributed by atoms with Gasteiger partial charge in [-0.3, -0.25) is 0 Å². The predicted octanol–water partition coefficient (Wildman–Crippen LogP) is 4.30. The molecule has 1 N–H and O–H groups in total. The summed E-state index contributed by atoms with van der Waals surface area (Å²) in [7, 11) is 0. The van der Waals surface area contributed by atoms with Gasteiger partial charge < -0.3 is 5.32 Å². The molecule has 0 saturated carbocycles. The van der Waals surface area contributed by atoms with Gasteiger partial charge in [-0.25, -0.2) is 9.37 Å². The van der Waals surface area contributed by atoms with E-state index >= 15 is 0 Å². The molecule has 1 aromatic carbocycles. The van der Waals surface area contributed by atoms with E-state index in [4.69, 9.17) is 23.2 Å². The Morgan fingerprint density at radius 2 is 2.06 bits per heavy atom. The van der Waals surface area contributed by atoms with Crippen LogP contribution in [0.25, 0.3) is 0 Å². The molecule has 0 radical (unpaired) electrons.